The van der Waals surface area contributed by atoms with E-state index in [1.807, 2.05) is 13.8 Å². The maximum atomic E-state index is 12.9. The molecule has 0 saturated heterocycles. The van der Waals surface area contributed by atoms with Gasteiger partial charge in [0.1, 0.15) is 11.8 Å². The molecule has 1 aliphatic rings. The average Bonchev–Trinajstić information content (AvgIpc) is 2.58. The molecule has 0 bridgehead atoms. The van der Waals surface area contributed by atoms with Crippen LogP contribution in [0.2, 0.25) is 0 Å². The highest BCUT2D eigenvalue weighted by Crippen LogP contribution is 2.38. The number of benzene rings is 1. The number of anilines is 1. The number of Topliss-reactive ketones (excluding diaryl/α,β-unsaturated/α-hetero) is 1. The topological polar surface area (TPSA) is 72.9 Å². The number of rotatable bonds is 5. The zero-order valence-electron chi connectivity index (χ0n) is 14.7. The lowest BCUT2D eigenvalue weighted by Crippen LogP contribution is -2.54. The molecule has 0 N–H and O–H groups in total. The standard InChI is InChI=1S/C18H23NO5/c1-6-14(20)12-7-8-15-13(9-12)19(11(4)18(22)23-5)17(21)16(24-15)10(2)3/h7-11,16H,6H2,1-5H3. The molecule has 1 aliphatic heterocycles. The van der Waals surface area contributed by atoms with E-state index in [9.17, 15) is 14.4 Å². The molecule has 1 amide bonds. The monoisotopic (exact) mass is 333 g/mol. The summed E-state index contributed by atoms with van der Waals surface area (Å²) < 4.78 is 10.6. The first kappa shape index (κ1) is 18.0. The Balaban J connectivity index is 2.56. The first-order chi connectivity index (χ1) is 11.3. The van der Waals surface area contributed by atoms with Gasteiger partial charge in [0.05, 0.1) is 12.8 Å². The summed E-state index contributed by atoms with van der Waals surface area (Å²) in [5.74, 6) is -0.448. The minimum atomic E-state index is -0.807. The van der Waals surface area contributed by atoms with Gasteiger partial charge in [-0.3, -0.25) is 14.5 Å². The number of hydrogen-bond donors (Lipinski definition) is 0. The highest BCUT2D eigenvalue weighted by atomic mass is 16.5. The van der Waals surface area contributed by atoms with Crippen molar-refractivity contribution in [3.8, 4) is 5.75 Å². The number of ketones is 1. The van der Waals surface area contributed by atoms with Crippen molar-refractivity contribution in [3.05, 3.63) is 23.8 Å². The van der Waals surface area contributed by atoms with E-state index in [1.54, 1.807) is 32.0 Å². The van der Waals surface area contributed by atoms with Crippen molar-refractivity contribution in [1.82, 2.24) is 0 Å². The average molecular weight is 333 g/mol. The lowest BCUT2D eigenvalue weighted by atomic mass is 10.00. The number of esters is 1. The molecule has 6 heteroatoms. The number of amides is 1. The minimum absolute atomic E-state index is 0.0399. The molecule has 0 fully saturated rings. The Morgan fingerprint density at radius 3 is 2.50 bits per heavy atom. The molecule has 2 unspecified atom stereocenters. The van der Waals surface area contributed by atoms with Crippen molar-refractivity contribution in [2.24, 2.45) is 5.92 Å². The quantitative estimate of drug-likeness (QED) is 0.612. The van der Waals surface area contributed by atoms with Crippen LogP contribution < -0.4 is 9.64 Å². The Kier molecular flexibility index (Phi) is 5.26. The molecular weight excluding hydrogens is 310 g/mol. The molecular formula is C18H23NO5. The summed E-state index contributed by atoms with van der Waals surface area (Å²) in [5.41, 5.74) is 0.909. The van der Waals surface area contributed by atoms with Crippen molar-refractivity contribution < 1.29 is 23.9 Å². The summed E-state index contributed by atoms with van der Waals surface area (Å²) in [5, 5.41) is 0. The minimum Gasteiger partial charge on any atom is -0.478 e. The fourth-order valence-corrected chi connectivity index (χ4v) is 2.72. The van der Waals surface area contributed by atoms with Crippen LogP contribution in [0.25, 0.3) is 0 Å². The van der Waals surface area contributed by atoms with Gasteiger partial charge in [0, 0.05) is 12.0 Å². The fourth-order valence-electron chi connectivity index (χ4n) is 2.72. The molecule has 2 rings (SSSR count). The molecule has 6 nitrogen and oxygen atoms in total. The van der Waals surface area contributed by atoms with Crippen LogP contribution in [0.4, 0.5) is 5.69 Å². The Bertz CT molecular complexity index is 667. The lowest BCUT2D eigenvalue weighted by molar-refractivity contribution is -0.144. The van der Waals surface area contributed by atoms with Crippen LogP contribution in [0, 0.1) is 5.92 Å². The zero-order valence-corrected chi connectivity index (χ0v) is 14.7. The van der Waals surface area contributed by atoms with Gasteiger partial charge < -0.3 is 9.47 Å². The number of fused-ring (bicyclic) bond motifs is 1. The van der Waals surface area contributed by atoms with Gasteiger partial charge in [0.25, 0.3) is 5.91 Å². The molecule has 24 heavy (non-hydrogen) atoms. The maximum Gasteiger partial charge on any atom is 0.328 e. The summed E-state index contributed by atoms with van der Waals surface area (Å²) in [6.07, 6.45) is -0.327. The lowest BCUT2D eigenvalue weighted by Gasteiger charge is -2.38. The summed E-state index contributed by atoms with van der Waals surface area (Å²) in [6, 6.07) is 4.16. The molecule has 0 radical (unpaired) electrons. The predicted molar refractivity (Wildman–Crippen MR) is 89.3 cm³/mol. The van der Waals surface area contributed by atoms with E-state index in [-0.39, 0.29) is 17.6 Å². The predicted octanol–water partition coefficient (Wildman–Crippen LogP) is 2.59. The van der Waals surface area contributed by atoms with Crippen LogP contribution in [0.3, 0.4) is 0 Å². The third-order valence-electron chi connectivity index (χ3n) is 4.13. The molecule has 0 saturated carbocycles. The maximum absolute atomic E-state index is 12.9. The number of carbonyl (C=O) groups excluding carboxylic acids is 3. The molecule has 1 aromatic carbocycles. The zero-order chi connectivity index (χ0) is 18.0. The van der Waals surface area contributed by atoms with Gasteiger partial charge in [-0.1, -0.05) is 20.8 Å². The number of methoxy groups -OCH3 is 1. The second-order valence-electron chi connectivity index (χ2n) is 6.15. The first-order valence-corrected chi connectivity index (χ1v) is 8.06. The van der Waals surface area contributed by atoms with Crippen molar-refractivity contribution in [2.45, 2.75) is 46.3 Å². The van der Waals surface area contributed by atoms with Crippen LogP contribution >= 0.6 is 0 Å². The van der Waals surface area contributed by atoms with Crippen LogP contribution in [-0.4, -0.2) is 36.9 Å². The number of ether oxygens (including phenoxy) is 2. The molecule has 0 spiro atoms. The van der Waals surface area contributed by atoms with E-state index in [0.29, 0.717) is 23.4 Å². The van der Waals surface area contributed by atoms with Gasteiger partial charge in [-0.15, -0.1) is 0 Å². The molecule has 0 aromatic heterocycles. The Labute approximate surface area is 141 Å². The summed E-state index contributed by atoms with van der Waals surface area (Å²) in [7, 11) is 1.28. The largest absolute Gasteiger partial charge is 0.478 e. The second kappa shape index (κ2) is 7.03. The van der Waals surface area contributed by atoms with Gasteiger partial charge >= 0.3 is 5.97 Å². The molecule has 0 aliphatic carbocycles. The first-order valence-electron chi connectivity index (χ1n) is 8.06. The number of carbonyl (C=O) groups is 3. The Hall–Kier alpha value is -2.37. The SMILES string of the molecule is CCC(=O)c1ccc2c(c1)N(C(C)C(=O)OC)C(=O)C(C(C)C)O2. The summed E-state index contributed by atoms with van der Waals surface area (Å²) >= 11 is 0. The van der Waals surface area contributed by atoms with Crippen LogP contribution in [-0.2, 0) is 14.3 Å². The Morgan fingerprint density at radius 2 is 1.96 bits per heavy atom. The van der Waals surface area contributed by atoms with Gasteiger partial charge in [0.15, 0.2) is 11.9 Å². The van der Waals surface area contributed by atoms with E-state index in [2.05, 4.69) is 0 Å². The van der Waals surface area contributed by atoms with Crippen LogP contribution in [0.15, 0.2) is 18.2 Å². The highest BCUT2D eigenvalue weighted by molar-refractivity contribution is 6.06. The smallest absolute Gasteiger partial charge is 0.328 e. The third kappa shape index (κ3) is 3.13. The van der Waals surface area contributed by atoms with Crippen molar-refractivity contribution in [1.29, 1.82) is 0 Å². The summed E-state index contributed by atoms with van der Waals surface area (Å²) in [6.45, 7) is 7.13. The fraction of sp³-hybridized carbons (Fsp3) is 0.500. The van der Waals surface area contributed by atoms with Gasteiger partial charge in [0.2, 0.25) is 0 Å². The van der Waals surface area contributed by atoms with Crippen molar-refractivity contribution >= 4 is 23.3 Å². The molecule has 1 heterocycles. The highest BCUT2D eigenvalue weighted by Gasteiger charge is 2.41. The van der Waals surface area contributed by atoms with E-state index in [0.717, 1.165) is 0 Å². The third-order valence-corrected chi connectivity index (χ3v) is 4.13. The van der Waals surface area contributed by atoms with E-state index in [4.69, 9.17) is 9.47 Å². The van der Waals surface area contributed by atoms with Crippen molar-refractivity contribution in [3.63, 3.8) is 0 Å². The summed E-state index contributed by atoms with van der Waals surface area (Å²) in [4.78, 5) is 38.2. The normalized spacial score (nSPS) is 18.0. The number of hydrogen-bond acceptors (Lipinski definition) is 5. The number of nitrogens with zero attached hydrogens (tertiary/aromatic N) is 1. The van der Waals surface area contributed by atoms with E-state index >= 15 is 0 Å². The second-order valence-corrected chi connectivity index (χ2v) is 6.15. The molecule has 130 valence electrons. The van der Waals surface area contributed by atoms with Crippen molar-refractivity contribution in [2.75, 3.05) is 12.0 Å². The van der Waals surface area contributed by atoms with E-state index in [1.165, 1.54) is 12.0 Å². The van der Waals surface area contributed by atoms with E-state index < -0.39 is 18.1 Å². The van der Waals surface area contributed by atoms with Crippen LogP contribution in [0.1, 0.15) is 44.5 Å². The van der Waals surface area contributed by atoms with Gasteiger partial charge in [-0.25, -0.2) is 4.79 Å². The molecule has 1 aromatic rings. The molecule has 2 atom stereocenters. The van der Waals surface area contributed by atoms with Gasteiger partial charge in [-0.05, 0) is 31.0 Å². The Morgan fingerprint density at radius 1 is 1.29 bits per heavy atom. The van der Waals surface area contributed by atoms with Gasteiger partial charge in [-0.2, -0.15) is 0 Å². The van der Waals surface area contributed by atoms with Crippen LogP contribution in [0.5, 0.6) is 5.75 Å².